The fraction of sp³-hybridized carbons (Fsp3) is 0.455. The van der Waals surface area contributed by atoms with Crippen LogP contribution < -0.4 is 10.5 Å². The molecule has 20 heavy (non-hydrogen) atoms. The van der Waals surface area contributed by atoms with Crippen molar-refractivity contribution in [2.75, 3.05) is 26.1 Å². The third-order valence-corrected chi connectivity index (χ3v) is 4.74. The molecule has 0 aromatic heterocycles. The van der Waals surface area contributed by atoms with Gasteiger partial charge in [-0.1, -0.05) is 23.2 Å². The Morgan fingerprint density at radius 3 is 2.60 bits per heavy atom. The van der Waals surface area contributed by atoms with Gasteiger partial charge in [-0.25, -0.2) is 13.1 Å². The van der Waals surface area contributed by atoms with Crippen molar-refractivity contribution in [2.24, 2.45) is 0 Å². The van der Waals surface area contributed by atoms with Crippen molar-refractivity contribution in [3.8, 4) is 0 Å². The van der Waals surface area contributed by atoms with E-state index in [4.69, 9.17) is 38.8 Å². The number of ether oxygens (including phenoxy) is 1. The Kier molecular flexibility index (Phi) is 6.50. The van der Waals surface area contributed by atoms with E-state index in [9.17, 15) is 8.42 Å². The molecule has 0 aliphatic heterocycles. The van der Waals surface area contributed by atoms with E-state index in [-0.39, 0.29) is 40.3 Å². The second kappa shape index (κ2) is 7.44. The fourth-order valence-corrected chi connectivity index (χ4v) is 3.92. The molecule has 0 aliphatic carbocycles. The molecule has 1 rings (SSSR count). The minimum absolute atomic E-state index is 0.0461. The van der Waals surface area contributed by atoms with Crippen molar-refractivity contribution >= 4 is 38.9 Å². The minimum Gasteiger partial charge on any atom is -0.398 e. The Balaban J connectivity index is 3.10. The summed E-state index contributed by atoms with van der Waals surface area (Å²) in [4.78, 5) is -0.234. The number of anilines is 1. The van der Waals surface area contributed by atoms with Gasteiger partial charge in [-0.3, -0.25) is 0 Å². The quantitative estimate of drug-likeness (QED) is 0.647. The molecular weight excluding hydrogens is 327 g/mol. The SMILES string of the molecule is COCC(CCO)NS(=O)(=O)c1c(N)cc(Cl)cc1Cl. The average molecular weight is 343 g/mol. The van der Waals surface area contributed by atoms with E-state index in [0.717, 1.165) is 0 Å². The average Bonchev–Trinajstić information content (AvgIpc) is 2.26. The zero-order valence-corrected chi connectivity index (χ0v) is 13.1. The number of methoxy groups -OCH3 is 1. The summed E-state index contributed by atoms with van der Waals surface area (Å²) in [6, 6.07) is 2.02. The summed E-state index contributed by atoms with van der Waals surface area (Å²) >= 11 is 11.6. The van der Waals surface area contributed by atoms with Crippen molar-refractivity contribution in [1.29, 1.82) is 0 Å². The largest absolute Gasteiger partial charge is 0.398 e. The highest BCUT2D eigenvalue weighted by Gasteiger charge is 2.25. The number of nitrogens with two attached hydrogens (primary N) is 1. The number of hydrogen-bond acceptors (Lipinski definition) is 5. The van der Waals surface area contributed by atoms with Crippen molar-refractivity contribution in [3.63, 3.8) is 0 Å². The molecule has 0 heterocycles. The van der Waals surface area contributed by atoms with E-state index in [0.29, 0.717) is 0 Å². The van der Waals surface area contributed by atoms with Crippen molar-refractivity contribution in [2.45, 2.75) is 17.4 Å². The first-order chi connectivity index (χ1) is 9.31. The number of nitrogen functional groups attached to an aromatic ring is 1. The van der Waals surface area contributed by atoms with Gasteiger partial charge in [0.25, 0.3) is 0 Å². The fourth-order valence-electron chi connectivity index (χ4n) is 1.68. The molecule has 1 aromatic rings. The van der Waals surface area contributed by atoms with Gasteiger partial charge < -0.3 is 15.6 Å². The molecule has 0 saturated carbocycles. The number of aliphatic hydroxyl groups excluding tert-OH is 1. The second-order valence-electron chi connectivity index (χ2n) is 4.09. The van der Waals surface area contributed by atoms with Crippen LogP contribution in [0.1, 0.15) is 6.42 Å². The van der Waals surface area contributed by atoms with E-state index in [1.54, 1.807) is 0 Å². The third-order valence-electron chi connectivity index (χ3n) is 2.47. The Bertz CT molecular complexity index is 537. The highest BCUT2D eigenvalue weighted by molar-refractivity contribution is 7.89. The molecule has 1 unspecified atom stereocenters. The van der Waals surface area contributed by atoms with E-state index in [2.05, 4.69) is 4.72 Å². The maximum atomic E-state index is 12.3. The number of halogens is 2. The monoisotopic (exact) mass is 342 g/mol. The second-order valence-corrected chi connectivity index (χ2v) is 6.59. The van der Waals surface area contributed by atoms with Gasteiger partial charge in [-0.15, -0.1) is 0 Å². The number of sulfonamides is 1. The lowest BCUT2D eigenvalue weighted by molar-refractivity contribution is 0.158. The van der Waals surface area contributed by atoms with Gasteiger partial charge in [-0.2, -0.15) is 0 Å². The molecule has 0 aliphatic rings. The number of hydrogen-bond donors (Lipinski definition) is 3. The first-order valence-electron chi connectivity index (χ1n) is 5.68. The number of rotatable bonds is 7. The molecule has 0 radical (unpaired) electrons. The van der Waals surface area contributed by atoms with Gasteiger partial charge in [-0.05, 0) is 18.6 Å². The van der Waals surface area contributed by atoms with Crippen molar-refractivity contribution in [3.05, 3.63) is 22.2 Å². The highest BCUT2D eigenvalue weighted by Crippen LogP contribution is 2.31. The van der Waals surface area contributed by atoms with E-state index >= 15 is 0 Å². The predicted octanol–water partition coefficient (Wildman–Crippen LogP) is 1.25. The number of nitrogens with one attached hydrogen (secondary N) is 1. The molecule has 0 saturated heterocycles. The number of benzene rings is 1. The Hall–Kier alpha value is -0.570. The van der Waals surface area contributed by atoms with Crippen LogP contribution >= 0.6 is 23.2 Å². The van der Waals surface area contributed by atoms with Crippen LogP contribution in [0.5, 0.6) is 0 Å². The first-order valence-corrected chi connectivity index (χ1v) is 7.92. The summed E-state index contributed by atoms with van der Waals surface area (Å²) in [5, 5.41) is 9.10. The zero-order chi connectivity index (χ0) is 15.3. The van der Waals surface area contributed by atoms with Crippen LogP contribution in [0.3, 0.4) is 0 Å². The Labute approximate surface area is 127 Å². The Morgan fingerprint density at radius 2 is 2.10 bits per heavy atom. The Morgan fingerprint density at radius 1 is 1.45 bits per heavy atom. The highest BCUT2D eigenvalue weighted by atomic mass is 35.5. The normalized spacial score (nSPS) is 13.4. The summed E-state index contributed by atoms with van der Waals surface area (Å²) in [6.07, 6.45) is 0.207. The molecule has 114 valence electrons. The van der Waals surface area contributed by atoms with Gasteiger partial charge in [0.2, 0.25) is 10.0 Å². The van der Waals surface area contributed by atoms with Crippen LogP contribution in [0, 0.1) is 0 Å². The van der Waals surface area contributed by atoms with Gasteiger partial charge in [0, 0.05) is 24.8 Å². The van der Waals surface area contributed by atoms with Crippen LogP contribution in [0.2, 0.25) is 10.0 Å². The smallest absolute Gasteiger partial charge is 0.244 e. The van der Waals surface area contributed by atoms with Gasteiger partial charge in [0.1, 0.15) is 4.90 Å². The molecule has 0 amide bonds. The van der Waals surface area contributed by atoms with Crippen LogP contribution in [0.4, 0.5) is 5.69 Å². The lowest BCUT2D eigenvalue weighted by Gasteiger charge is -2.18. The number of aliphatic hydroxyl groups is 1. The summed E-state index contributed by atoms with van der Waals surface area (Å²) < 4.78 is 31.9. The molecule has 1 aromatic carbocycles. The molecule has 6 nitrogen and oxygen atoms in total. The van der Waals surface area contributed by atoms with Crippen molar-refractivity contribution < 1.29 is 18.3 Å². The summed E-state index contributed by atoms with van der Waals surface area (Å²) in [6.45, 7) is -0.0642. The van der Waals surface area contributed by atoms with E-state index in [1.807, 2.05) is 0 Å². The molecule has 1 atom stereocenters. The van der Waals surface area contributed by atoms with Crippen LogP contribution in [-0.2, 0) is 14.8 Å². The van der Waals surface area contributed by atoms with Gasteiger partial charge in [0.05, 0.1) is 17.3 Å². The topological polar surface area (TPSA) is 102 Å². The molecule has 9 heteroatoms. The van der Waals surface area contributed by atoms with Crippen molar-refractivity contribution in [1.82, 2.24) is 4.72 Å². The van der Waals surface area contributed by atoms with Gasteiger partial charge in [0.15, 0.2) is 0 Å². The maximum Gasteiger partial charge on any atom is 0.244 e. The molecule has 0 bridgehead atoms. The van der Waals surface area contributed by atoms with Gasteiger partial charge >= 0.3 is 0 Å². The summed E-state index contributed by atoms with van der Waals surface area (Å²) in [5.74, 6) is 0. The first kappa shape index (κ1) is 17.5. The van der Waals surface area contributed by atoms with E-state index in [1.165, 1.54) is 19.2 Å². The lowest BCUT2D eigenvalue weighted by atomic mass is 10.2. The molecular formula is C11H16Cl2N2O4S. The summed E-state index contributed by atoms with van der Waals surface area (Å²) in [7, 11) is -2.51. The zero-order valence-electron chi connectivity index (χ0n) is 10.8. The molecule has 0 fully saturated rings. The lowest BCUT2D eigenvalue weighted by Crippen LogP contribution is -2.39. The minimum atomic E-state index is -3.94. The van der Waals surface area contributed by atoms with E-state index < -0.39 is 16.1 Å². The molecule has 0 spiro atoms. The van der Waals surface area contributed by atoms with Crippen LogP contribution in [0.15, 0.2) is 17.0 Å². The van der Waals surface area contributed by atoms with Crippen LogP contribution in [-0.4, -0.2) is 39.9 Å². The predicted molar refractivity (Wildman–Crippen MR) is 78.6 cm³/mol. The third kappa shape index (κ3) is 4.47. The summed E-state index contributed by atoms with van der Waals surface area (Å²) in [5.41, 5.74) is 5.62. The molecule has 4 N–H and O–H groups in total. The van der Waals surface area contributed by atoms with Crippen LogP contribution in [0.25, 0.3) is 0 Å². The standard InChI is InChI=1S/C11H16Cl2N2O4S/c1-19-6-8(2-3-16)15-20(17,18)11-9(13)4-7(12)5-10(11)14/h4-5,8,15-16H,2-3,6,14H2,1H3. The maximum absolute atomic E-state index is 12.3.